The molecule has 0 radical (unpaired) electrons. The van der Waals surface area contributed by atoms with Crippen LogP contribution in [0.15, 0.2) is 24.3 Å². The molecule has 1 aliphatic heterocycles. The Kier molecular flexibility index (Phi) is 4.93. The van der Waals surface area contributed by atoms with Crippen LogP contribution in [-0.4, -0.2) is 35.7 Å². The minimum atomic E-state index is -0.916. The predicted molar refractivity (Wildman–Crippen MR) is 95.4 cm³/mol. The van der Waals surface area contributed by atoms with Crippen LogP contribution in [0.2, 0.25) is 0 Å². The summed E-state index contributed by atoms with van der Waals surface area (Å²) in [6, 6.07) is 8.16. The van der Waals surface area contributed by atoms with Gasteiger partial charge in [-0.15, -0.1) is 0 Å². The van der Waals surface area contributed by atoms with E-state index in [4.69, 9.17) is 4.65 Å². The van der Waals surface area contributed by atoms with Crippen LogP contribution in [0.3, 0.4) is 0 Å². The van der Waals surface area contributed by atoms with Crippen LogP contribution >= 0.6 is 0 Å². The molecule has 0 spiro atoms. The highest BCUT2D eigenvalue weighted by Gasteiger charge is 2.36. The van der Waals surface area contributed by atoms with Crippen molar-refractivity contribution in [1.29, 1.82) is 0 Å². The van der Waals surface area contributed by atoms with Gasteiger partial charge in [-0.25, -0.2) is 0 Å². The van der Waals surface area contributed by atoms with Gasteiger partial charge in [0.05, 0.1) is 11.2 Å². The maximum atomic E-state index is 12.2. The van der Waals surface area contributed by atoms with Crippen molar-refractivity contribution in [2.45, 2.75) is 65.2 Å². The van der Waals surface area contributed by atoms with E-state index in [1.54, 1.807) is 13.8 Å². The third-order valence-corrected chi connectivity index (χ3v) is 5.08. The van der Waals surface area contributed by atoms with Crippen molar-refractivity contribution < 1.29 is 14.6 Å². The number of amides is 1. The van der Waals surface area contributed by atoms with E-state index in [2.05, 4.69) is 6.92 Å². The van der Waals surface area contributed by atoms with Crippen molar-refractivity contribution in [2.24, 2.45) is 5.92 Å². The summed E-state index contributed by atoms with van der Waals surface area (Å²) in [6.07, 6.45) is 0.906. The number of aliphatic hydroxyl groups is 1. The molecule has 0 aromatic heterocycles. The monoisotopic (exact) mass is 317 g/mol. The highest BCUT2D eigenvalue weighted by molar-refractivity contribution is 6.47. The van der Waals surface area contributed by atoms with Crippen LogP contribution in [0.25, 0.3) is 0 Å². The predicted octanol–water partition coefficient (Wildman–Crippen LogP) is 1.99. The molecule has 1 saturated heterocycles. The van der Waals surface area contributed by atoms with Gasteiger partial charge in [-0.1, -0.05) is 24.5 Å². The Morgan fingerprint density at radius 3 is 2.17 bits per heavy atom. The zero-order valence-electron chi connectivity index (χ0n) is 15.1. The second-order valence-corrected chi connectivity index (χ2v) is 7.72. The summed E-state index contributed by atoms with van der Waals surface area (Å²) in [5, 5.41) is 10.1. The van der Waals surface area contributed by atoms with Crippen molar-refractivity contribution in [3.05, 3.63) is 24.3 Å². The van der Waals surface area contributed by atoms with Crippen molar-refractivity contribution in [2.75, 3.05) is 4.90 Å². The van der Waals surface area contributed by atoms with E-state index in [9.17, 15) is 9.90 Å². The third-order valence-electron chi connectivity index (χ3n) is 5.08. The van der Waals surface area contributed by atoms with Crippen LogP contribution in [0, 0.1) is 5.92 Å². The highest BCUT2D eigenvalue weighted by atomic mass is 16.5. The van der Waals surface area contributed by atoms with Gasteiger partial charge in [0.2, 0.25) is 5.91 Å². The van der Waals surface area contributed by atoms with Crippen LogP contribution < -0.4 is 10.4 Å². The Bertz CT molecular complexity index is 563. The SMILES string of the molecule is CC1CC(C)N(c2ccc(BOC(C)(C)C(C)(C)O)cc2)C1=O. The molecule has 1 heterocycles. The number of anilines is 1. The van der Waals surface area contributed by atoms with Crippen molar-refractivity contribution >= 4 is 24.5 Å². The molecule has 2 unspecified atom stereocenters. The van der Waals surface area contributed by atoms with Crippen molar-refractivity contribution in [3.63, 3.8) is 0 Å². The van der Waals surface area contributed by atoms with Crippen LogP contribution in [0.5, 0.6) is 0 Å². The lowest BCUT2D eigenvalue weighted by Crippen LogP contribution is -2.49. The third kappa shape index (κ3) is 3.78. The lowest BCUT2D eigenvalue weighted by atomic mass is 9.82. The zero-order valence-corrected chi connectivity index (χ0v) is 15.1. The molecule has 2 atom stereocenters. The lowest BCUT2D eigenvalue weighted by molar-refractivity contribution is -0.119. The highest BCUT2D eigenvalue weighted by Crippen LogP contribution is 2.29. The number of carbonyl (C=O) groups is 1. The molecule has 1 aromatic rings. The summed E-state index contributed by atoms with van der Waals surface area (Å²) in [6.45, 7) is 11.3. The Morgan fingerprint density at radius 2 is 1.74 bits per heavy atom. The van der Waals surface area contributed by atoms with E-state index in [-0.39, 0.29) is 17.9 Å². The molecule has 4 nitrogen and oxygen atoms in total. The number of nitrogens with zero attached hydrogens (tertiary/aromatic N) is 1. The average molecular weight is 317 g/mol. The van der Waals surface area contributed by atoms with Gasteiger partial charge < -0.3 is 14.7 Å². The normalized spacial score (nSPS) is 22.6. The van der Waals surface area contributed by atoms with Gasteiger partial charge in [-0.2, -0.15) is 0 Å². The minimum absolute atomic E-state index is 0.0978. The molecule has 5 heteroatoms. The fourth-order valence-electron chi connectivity index (χ4n) is 2.75. The molecule has 1 aliphatic rings. The molecule has 126 valence electrons. The first-order chi connectivity index (χ1) is 10.5. The maximum Gasteiger partial charge on any atom is 0.309 e. The molecule has 0 saturated carbocycles. The van der Waals surface area contributed by atoms with Crippen molar-refractivity contribution in [1.82, 2.24) is 0 Å². The van der Waals surface area contributed by atoms with E-state index in [0.29, 0.717) is 7.48 Å². The van der Waals surface area contributed by atoms with E-state index < -0.39 is 11.2 Å². The topological polar surface area (TPSA) is 49.8 Å². The summed E-state index contributed by atoms with van der Waals surface area (Å²) in [5.74, 6) is 0.297. The zero-order chi connectivity index (χ0) is 17.4. The number of rotatable bonds is 5. The first-order valence-corrected chi connectivity index (χ1v) is 8.31. The van der Waals surface area contributed by atoms with Gasteiger partial charge in [-0.3, -0.25) is 4.79 Å². The molecule has 1 aromatic carbocycles. The van der Waals surface area contributed by atoms with Gasteiger partial charge >= 0.3 is 7.48 Å². The average Bonchev–Trinajstić information content (AvgIpc) is 2.69. The minimum Gasteiger partial charge on any atom is -0.427 e. The molecule has 1 fully saturated rings. The second-order valence-electron chi connectivity index (χ2n) is 7.72. The van der Waals surface area contributed by atoms with Gasteiger partial charge in [0, 0.05) is 17.6 Å². The Morgan fingerprint density at radius 1 is 1.17 bits per heavy atom. The van der Waals surface area contributed by atoms with E-state index in [0.717, 1.165) is 17.6 Å². The molecule has 2 rings (SSSR count). The Hall–Kier alpha value is -1.33. The fourth-order valence-corrected chi connectivity index (χ4v) is 2.75. The van der Waals surface area contributed by atoms with Crippen LogP contribution in [0.4, 0.5) is 5.69 Å². The summed E-state index contributed by atoms with van der Waals surface area (Å²) in [5.41, 5.74) is 0.414. The second kappa shape index (κ2) is 6.29. The Balaban J connectivity index is 2.05. The smallest absolute Gasteiger partial charge is 0.309 e. The standard InChI is InChI=1S/C18H28BNO3/c1-12-11-13(2)20(16(12)21)15-9-7-14(8-10-15)19-23-18(5,6)17(3,4)22/h7-10,12-13,19,22H,11H2,1-6H3. The van der Waals surface area contributed by atoms with Gasteiger partial charge in [0.25, 0.3) is 0 Å². The molecular formula is C18H28BNO3. The van der Waals surface area contributed by atoms with Crippen LogP contribution in [-0.2, 0) is 9.45 Å². The molecular weight excluding hydrogens is 289 g/mol. The molecule has 0 bridgehead atoms. The quantitative estimate of drug-likeness (QED) is 0.845. The van der Waals surface area contributed by atoms with E-state index in [1.165, 1.54) is 0 Å². The molecule has 0 aliphatic carbocycles. The number of benzene rings is 1. The van der Waals surface area contributed by atoms with Crippen LogP contribution in [0.1, 0.15) is 48.0 Å². The number of hydrogen-bond donors (Lipinski definition) is 1. The molecule has 1 N–H and O–H groups in total. The maximum absolute atomic E-state index is 12.2. The van der Waals surface area contributed by atoms with Gasteiger partial charge in [0.15, 0.2) is 0 Å². The van der Waals surface area contributed by atoms with E-state index >= 15 is 0 Å². The van der Waals surface area contributed by atoms with E-state index in [1.807, 2.05) is 49.9 Å². The van der Waals surface area contributed by atoms with Gasteiger partial charge in [0.1, 0.15) is 0 Å². The first kappa shape index (κ1) is 18.0. The lowest BCUT2D eigenvalue weighted by Gasteiger charge is -2.37. The number of carbonyl (C=O) groups excluding carboxylic acids is 1. The summed E-state index contributed by atoms with van der Waals surface area (Å²) >= 11 is 0. The largest absolute Gasteiger partial charge is 0.427 e. The van der Waals surface area contributed by atoms with Crippen molar-refractivity contribution in [3.8, 4) is 0 Å². The molecule has 23 heavy (non-hydrogen) atoms. The molecule has 1 amide bonds. The Labute approximate surface area is 140 Å². The fraction of sp³-hybridized carbons (Fsp3) is 0.611. The summed E-state index contributed by atoms with van der Waals surface area (Å²) in [7, 11) is 0.428. The first-order valence-electron chi connectivity index (χ1n) is 8.31. The van der Waals surface area contributed by atoms with Gasteiger partial charge in [-0.05, 0) is 53.2 Å². The summed E-state index contributed by atoms with van der Waals surface area (Å²) < 4.78 is 5.87. The summed E-state index contributed by atoms with van der Waals surface area (Å²) in [4.78, 5) is 14.1. The number of hydrogen-bond acceptors (Lipinski definition) is 3.